The van der Waals surface area contributed by atoms with E-state index in [4.69, 9.17) is 0 Å². The van der Waals surface area contributed by atoms with Gasteiger partial charge in [-0.1, -0.05) is 69.3 Å². The fraction of sp³-hybridized carbons (Fsp3) is 0.227. The molecule has 0 atom stereocenters. The first-order valence-electron chi connectivity index (χ1n) is 8.07. The second-order valence-corrected chi connectivity index (χ2v) is 7.13. The summed E-state index contributed by atoms with van der Waals surface area (Å²) in [4.78, 5) is 4.54. The highest BCUT2D eigenvalue weighted by molar-refractivity contribution is 5.72. The van der Waals surface area contributed by atoms with Crippen molar-refractivity contribution in [3.8, 4) is 22.4 Å². The topological polar surface area (TPSA) is 12.9 Å². The van der Waals surface area contributed by atoms with Crippen molar-refractivity contribution in [1.29, 1.82) is 0 Å². The van der Waals surface area contributed by atoms with Gasteiger partial charge in [0.1, 0.15) is 0 Å². The van der Waals surface area contributed by atoms with E-state index in [1.165, 1.54) is 22.3 Å². The summed E-state index contributed by atoms with van der Waals surface area (Å²) in [7, 11) is 0. The molecule has 0 spiro atoms. The lowest BCUT2D eigenvalue weighted by molar-refractivity contribution is 0.590. The van der Waals surface area contributed by atoms with Gasteiger partial charge in [0.05, 0.1) is 5.69 Å². The summed E-state index contributed by atoms with van der Waals surface area (Å²) in [5.41, 5.74) is 7.36. The van der Waals surface area contributed by atoms with Crippen LogP contribution in [0.5, 0.6) is 0 Å². The lowest BCUT2D eigenvalue weighted by Gasteiger charge is -2.20. The third-order valence-electron chi connectivity index (χ3n) is 4.13. The Morgan fingerprint density at radius 1 is 0.739 bits per heavy atom. The Hall–Kier alpha value is -2.41. The predicted molar refractivity (Wildman–Crippen MR) is 98.5 cm³/mol. The van der Waals surface area contributed by atoms with Crippen LogP contribution in [0.4, 0.5) is 0 Å². The summed E-state index contributed by atoms with van der Waals surface area (Å²) < 4.78 is 0. The number of pyridine rings is 1. The van der Waals surface area contributed by atoms with Crippen LogP contribution in [-0.2, 0) is 5.41 Å². The number of aromatic nitrogens is 1. The fourth-order valence-electron chi connectivity index (χ4n) is 2.66. The molecule has 0 saturated heterocycles. The van der Waals surface area contributed by atoms with Crippen molar-refractivity contribution in [1.82, 2.24) is 4.98 Å². The molecule has 0 aliphatic heterocycles. The molecule has 0 bridgehead atoms. The van der Waals surface area contributed by atoms with Gasteiger partial charge in [0.25, 0.3) is 0 Å². The van der Waals surface area contributed by atoms with Gasteiger partial charge in [0.15, 0.2) is 0 Å². The molecule has 1 nitrogen and oxygen atoms in total. The average Bonchev–Trinajstić information content (AvgIpc) is 2.55. The molecule has 3 aromatic rings. The Bertz CT molecular complexity index is 808. The molecule has 0 fully saturated rings. The molecule has 1 heterocycles. The largest absolute Gasteiger partial charge is 0.256 e. The number of nitrogens with zero attached hydrogens (tertiary/aromatic N) is 1. The van der Waals surface area contributed by atoms with Crippen molar-refractivity contribution in [2.45, 2.75) is 33.1 Å². The second-order valence-electron chi connectivity index (χ2n) is 7.13. The summed E-state index contributed by atoms with van der Waals surface area (Å²) in [6, 6.07) is 21.6. The maximum Gasteiger partial charge on any atom is 0.0702 e. The molecular formula is C22H23N. The number of aryl methyl sites for hydroxylation is 1. The zero-order valence-corrected chi connectivity index (χ0v) is 14.3. The summed E-state index contributed by atoms with van der Waals surface area (Å²) in [6.07, 6.45) is 1.92. The Kier molecular flexibility index (Phi) is 4.04. The monoisotopic (exact) mass is 301 g/mol. The Balaban J connectivity index is 2.02. The average molecular weight is 301 g/mol. The molecule has 2 aromatic carbocycles. The fourth-order valence-corrected chi connectivity index (χ4v) is 2.66. The van der Waals surface area contributed by atoms with Crippen LogP contribution in [0.25, 0.3) is 22.4 Å². The van der Waals surface area contributed by atoms with Crippen LogP contribution in [-0.4, -0.2) is 4.98 Å². The Labute approximate surface area is 139 Å². The van der Waals surface area contributed by atoms with E-state index in [1.807, 2.05) is 6.20 Å². The molecule has 0 unspecified atom stereocenters. The first-order valence-corrected chi connectivity index (χ1v) is 8.07. The predicted octanol–water partition coefficient (Wildman–Crippen LogP) is 6.02. The molecule has 1 aromatic heterocycles. The van der Waals surface area contributed by atoms with Crippen molar-refractivity contribution in [3.63, 3.8) is 0 Å². The zero-order chi connectivity index (χ0) is 16.4. The van der Waals surface area contributed by atoms with Crippen LogP contribution in [0.1, 0.15) is 31.9 Å². The van der Waals surface area contributed by atoms with Crippen LogP contribution in [0.15, 0.2) is 66.9 Å². The van der Waals surface area contributed by atoms with Crippen LogP contribution >= 0.6 is 0 Å². The van der Waals surface area contributed by atoms with Gasteiger partial charge in [-0.2, -0.15) is 0 Å². The summed E-state index contributed by atoms with van der Waals surface area (Å²) in [5.74, 6) is 0. The summed E-state index contributed by atoms with van der Waals surface area (Å²) >= 11 is 0. The van der Waals surface area contributed by atoms with Crippen LogP contribution in [0.3, 0.4) is 0 Å². The van der Waals surface area contributed by atoms with Gasteiger partial charge in [-0.15, -0.1) is 0 Å². The number of hydrogen-bond donors (Lipinski definition) is 0. The van der Waals surface area contributed by atoms with Crippen molar-refractivity contribution in [3.05, 3.63) is 78.0 Å². The van der Waals surface area contributed by atoms with Crippen molar-refractivity contribution in [2.24, 2.45) is 0 Å². The highest BCUT2D eigenvalue weighted by atomic mass is 14.7. The molecule has 0 radical (unpaired) electrons. The van der Waals surface area contributed by atoms with Gasteiger partial charge in [-0.05, 0) is 46.7 Å². The Morgan fingerprint density at radius 2 is 1.39 bits per heavy atom. The zero-order valence-electron chi connectivity index (χ0n) is 14.3. The van der Waals surface area contributed by atoms with Crippen molar-refractivity contribution < 1.29 is 0 Å². The molecule has 3 rings (SSSR count). The van der Waals surface area contributed by atoms with E-state index in [0.717, 1.165) is 11.3 Å². The van der Waals surface area contributed by atoms with Gasteiger partial charge in [-0.25, -0.2) is 0 Å². The molecular weight excluding hydrogens is 278 g/mol. The summed E-state index contributed by atoms with van der Waals surface area (Å²) in [6.45, 7) is 8.81. The van der Waals surface area contributed by atoms with E-state index in [0.29, 0.717) is 0 Å². The maximum absolute atomic E-state index is 4.54. The van der Waals surface area contributed by atoms with Gasteiger partial charge < -0.3 is 0 Å². The van der Waals surface area contributed by atoms with E-state index in [2.05, 4.69) is 93.3 Å². The molecule has 116 valence electrons. The van der Waals surface area contributed by atoms with E-state index < -0.39 is 0 Å². The number of benzene rings is 2. The SMILES string of the molecule is Cc1ccc(-c2cccc(-c3cccc(C(C)(C)C)c3)c2)nc1. The lowest BCUT2D eigenvalue weighted by atomic mass is 9.85. The molecule has 1 heteroatoms. The highest BCUT2D eigenvalue weighted by Crippen LogP contribution is 2.29. The van der Waals surface area contributed by atoms with E-state index in [1.54, 1.807) is 0 Å². The molecule has 23 heavy (non-hydrogen) atoms. The van der Waals surface area contributed by atoms with E-state index in [-0.39, 0.29) is 5.41 Å². The van der Waals surface area contributed by atoms with Crippen LogP contribution < -0.4 is 0 Å². The van der Waals surface area contributed by atoms with Gasteiger partial charge in [0, 0.05) is 11.8 Å². The van der Waals surface area contributed by atoms with Crippen molar-refractivity contribution >= 4 is 0 Å². The quantitative estimate of drug-likeness (QED) is 0.564. The second kappa shape index (κ2) is 6.00. The Morgan fingerprint density at radius 3 is 2.04 bits per heavy atom. The molecule has 0 saturated carbocycles. The minimum atomic E-state index is 0.159. The smallest absolute Gasteiger partial charge is 0.0702 e. The van der Waals surface area contributed by atoms with Crippen LogP contribution in [0.2, 0.25) is 0 Å². The minimum Gasteiger partial charge on any atom is -0.256 e. The first-order chi connectivity index (χ1) is 10.9. The lowest BCUT2D eigenvalue weighted by Crippen LogP contribution is -2.10. The van der Waals surface area contributed by atoms with Gasteiger partial charge in [-0.3, -0.25) is 4.98 Å². The molecule has 0 amide bonds. The maximum atomic E-state index is 4.54. The summed E-state index contributed by atoms with van der Waals surface area (Å²) in [5, 5.41) is 0. The van der Waals surface area contributed by atoms with E-state index >= 15 is 0 Å². The molecule has 0 aliphatic rings. The van der Waals surface area contributed by atoms with Gasteiger partial charge >= 0.3 is 0 Å². The standard InChI is InChI=1S/C22H23N/c1-16-11-12-21(23-15-16)19-9-5-7-17(13-19)18-8-6-10-20(14-18)22(2,3)4/h5-15H,1-4H3. The number of hydrogen-bond acceptors (Lipinski definition) is 1. The van der Waals surface area contributed by atoms with Gasteiger partial charge in [0.2, 0.25) is 0 Å². The third-order valence-corrected chi connectivity index (χ3v) is 4.13. The highest BCUT2D eigenvalue weighted by Gasteiger charge is 2.14. The van der Waals surface area contributed by atoms with Crippen molar-refractivity contribution in [2.75, 3.05) is 0 Å². The van der Waals surface area contributed by atoms with Crippen LogP contribution in [0, 0.1) is 6.92 Å². The molecule has 0 aliphatic carbocycles. The third kappa shape index (κ3) is 3.50. The van der Waals surface area contributed by atoms with E-state index in [9.17, 15) is 0 Å². The first kappa shape index (κ1) is 15.5. The molecule has 0 N–H and O–H groups in total. The number of rotatable bonds is 2. The normalized spacial score (nSPS) is 11.5. The minimum absolute atomic E-state index is 0.159.